The zero-order valence-electron chi connectivity index (χ0n) is 13.1. The van der Waals surface area contributed by atoms with Crippen LogP contribution >= 0.6 is 0 Å². The molecule has 0 radical (unpaired) electrons. The molecule has 0 atom stereocenters. The first-order valence-electron chi connectivity index (χ1n) is 7.15. The number of nitro benzene ring substituents is 1. The van der Waals surface area contributed by atoms with E-state index in [1.807, 2.05) is 6.07 Å². The van der Waals surface area contributed by atoms with E-state index in [2.05, 4.69) is 9.97 Å². The highest BCUT2D eigenvalue weighted by Crippen LogP contribution is 2.15. The van der Waals surface area contributed by atoms with Gasteiger partial charge in [-0.05, 0) is 18.2 Å². The van der Waals surface area contributed by atoms with Gasteiger partial charge in [0.25, 0.3) is 5.69 Å². The number of benzene rings is 2. The summed E-state index contributed by atoms with van der Waals surface area (Å²) in [7, 11) is 0. The number of aromatic nitrogens is 2. The normalized spacial score (nSPS) is 9.60. The van der Waals surface area contributed by atoms with Gasteiger partial charge < -0.3 is 11.5 Å². The number of carbonyl (C=O) groups is 1. The lowest BCUT2D eigenvalue weighted by Gasteiger charge is -2.00. The van der Waals surface area contributed by atoms with Crippen molar-refractivity contribution in [3.8, 4) is 0 Å². The van der Waals surface area contributed by atoms with Crippen molar-refractivity contribution >= 4 is 23.2 Å². The van der Waals surface area contributed by atoms with Crippen LogP contribution in [0.15, 0.2) is 66.9 Å². The fraction of sp³-hybridized carbons (Fsp3) is 0. The number of ketones is 1. The lowest BCUT2D eigenvalue weighted by molar-refractivity contribution is -0.384. The van der Waals surface area contributed by atoms with Crippen LogP contribution in [0.5, 0.6) is 0 Å². The predicted molar refractivity (Wildman–Crippen MR) is 93.8 cm³/mol. The molecule has 0 bridgehead atoms. The quantitative estimate of drug-likeness (QED) is 0.425. The first-order valence-corrected chi connectivity index (χ1v) is 7.15. The number of nitro groups is 1. The maximum absolute atomic E-state index is 12.0. The molecule has 0 saturated carbocycles. The molecule has 2 aromatic carbocycles. The van der Waals surface area contributed by atoms with Crippen LogP contribution in [0.2, 0.25) is 0 Å². The van der Waals surface area contributed by atoms with E-state index in [4.69, 9.17) is 11.5 Å². The van der Waals surface area contributed by atoms with Gasteiger partial charge in [-0.2, -0.15) is 4.98 Å². The molecule has 25 heavy (non-hydrogen) atoms. The van der Waals surface area contributed by atoms with E-state index < -0.39 is 4.92 Å². The third-order valence-electron chi connectivity index (χ3n) is 3.07. The number of nitrogens with zero attached hydrogens (tertiary/aromatic N) is 3. The van der Waals surface area contributed by atoms with Crippen LogP contribution in [-0.4, -0.2) is 20.7 Å². The second-order valence-electron chi connectivity index (χ2n) is 4.84. The molecule has 0 aliphatic rings. The van der Waals surface area contributed by atoms with Gasteiger partial charge in [0.1, 0.15) is 5.82 Å². The van der Waals surface area contributed by atoms with Crippen LogP contribution in [0.1, 0.15) is 15.9 Å². The average molecular weight is 337 g/mol. The van der Waals surface area contributed by atoms with E-state index >= 15 is 0 Å². The van der Waals surface area contributed by atoms with Crippen LogP contribution in [0.25, 0.3) is 0 Å². The predicted octanol–water partition coefficient (Wildman–Crippen LogP) is 2.47. The molecule has 4 N–H and O–H groups in total. The molecule has 0 saturated heterocycles. The summed E-state index contributed by atoms with van der Waals surface area (Å²) in [6.45, 7) is 0. The van der Waals surface area contributed by atoms with Gasteiger partial charge in [-0.3, -0.25) is 14.9 Å². The van der Waals surface area contributed by atoms with E-state index in [9.17, 15) is 14.9 Å². The monoisotopic (exact) mass is 337 g/mol. The third-order valence-corrected chi connectivity index (χ3v) is 3.07. The molecule has 8 heteroatoms. The van der Waals surface area contributed by atoms with E-state index in [0.717, 1.165) is 0 Å². The number of nitrogens with two attached hydrogens (primary N) is 2. The van der Waals surface area contributed by atoms with Gasteiger partial charge in [-0.15, -0.1) is 0 Å². The minimum Gasteiger partial charge on any atom is -0.384 e. The molecule has 1 aromatic heterocycles. The summed E-state index contributed by atoms with van der Waals surface area (Å²) >= 11 is 0. The highest BCUT2D eigenvalue weighted by molar-refractivity contribution is 6.09. The van der Waals surface area contributed by atoms with E-state index in [1.165, 1.54) is 30.5 Å². The van der Waals surface area contributed by atoms with E-state index in [0.29, 0.717) is 16.9 Å². The van der Waals surface area contributed by atoms with Crippen molar-refractivity contribution in [1.82, 2.24) is 9.97 Å². The molecule has 0 amide bonds. The molecule has 3 aromatic rings. The van der Waals surface area contributed by atoms with E-state index in [1.54, 1.807) is 30.3 Å². The number of nitrogen functional groups attached to an aromatic ring is 2. The Morgan fingerprint density at radius 3 is 2.00 bits per heavy atom. The van der Waals surface area contributed by atoms with Gasteiger partial charge >= 0.3 is 0 Å². The fourth-order valence-corrected chi connectivity index (χ4v) is 1.88. The molecule has 0 unspecified atom stereocenters. The zero-order valence-corrected chi connectivity index (χ0v) is 13.1. The molecule has 0 aliphatic heterocycles. The van der Waals surface area contributed by atoms with Crippen molar-refractivity contribution in [2.24, 2.45) is 0 Å². The van der Waals surface area contributed by atoms with Crippen molar-refractivity contribution < 1.29 is 9.72 Å². The minimum atomic E-state index is -0.489. The maximum atomic E-state index is 12.0. The number of hydrogen-bond donors (Lipinski definition) is 2. The summed E-state index contributed by atoms with van der Waals surface area (Å²) in [4.78, 5) is 29.2. The third kappa shape index (κ3) is 5.10. The number of rotatable bonds is 3. The summed E-state index contributed by atoms with van der Waals surface area (Å²) in [6.07, 6.45) is 1.51. The van der Waals surface area contributed by atoms with Crippen molar-refractivity contribution in [2.45, 2.75) is 0 Å². The highest BCUT2D eigenvalue weighted by Gasteiger charge is 2.10. The molecular weight excluding hydrogens is 322 g/mol. The number of hydrogen-bond acceptors (Lipinski definition) is 7. The second-order valence-corrected chi connectivity index (χ2v) is 4.84. The Balaban J connectivity index is 0.000000236. The molecule has 3 rings (SSSR count). The zero-order chi connectivity index (χ0) is 18.2. The fourth-order valence-electron chi connectivity index (χ4n) is 1.88. The summed E-state index contributed by atoms with van der Waals surface area (Å²) in [5.74, 6) is 0.475. The van der Waals surface area contributed by atoms with Crippen molar-refractivity contribution in [3.63, 3.8) is 0 Å². The van der Waals surface area contributed by atoms with Gasteiger partial charge in [0.2, 0.25) is 5.95 Å². The van der Waals surface area contributed by atoms with Gasteiger partial charge in [-0.1, -0.05) is 30.3 Å². The Morgan fingerprint density at radius 1 is 0.920 bits per heavy atom. The Hall–Kier alpha value is -3.81. The smallest absolute Gasteiger partial charge is 0.269 e. The topological polar surface area (TPSA) is 138 Å². The first kappa shape index (κ1) is 17.5. The molecular formula is C17H15N5O3. The van der Waals surface area contributed by atoms with Crippen LogP contribution in [0, 0.1) is 10.1 Å². The van der Waals surface area contributed by atoms with Gasteiger partial charge in [0.05, 0.1) is 4.92 Å². The minimum absolute atomic E-state index is 0.0189. The summed E-state index contributed by atoms with van der Waals surface area (Å²) in [6, 6.07) is 16.0. The molecule has 126 valence electrons. The summed E-state index contributed by atoms with van der Waals surface area (Å²) in [5, 5.41) is 10.5. The van der Waals surface area contributed by atoms with Crippen molar-refractivity contribution in [2.75, 3.05) is 11.5 Å². The standard InChI is InChI=1S/C13H9NO3.C4H6N4/c15-13(10-4-2-1-3-5-10)11-6-8-12(9-7-11)14(16)17;5-3-1-2-7-4(6)8-3/h1-9H;1-2H,(H4,5,6,7,8). The number of carbonyl (C=O) groups excluding carboxylic acids is 1. The van der Waals surface area contributed by atoms with Crippen LogP contribution < -0.4 is 11.5 Å². The lowest BCUT2D eigenvalue weighted by Crippen LogP contribution is -2.00. The van der Waals surface area contributed by atoms with Crippen molar-refractivity contribution in [1.29, 1.82) is 0 Å². The van der Waals surface area contributed by atoms with Crippen LogP contribution in [0.4, 0.5) is 17.5 Å². The summed E-state index contributed by atoms with van der Waals surface area (Å²) in [5.41, 5.74) is 11.4. The van der Waals surface area contributed by atoms with E-state index in [-0.39, 0.29) is 17.4 Å². The molecule has 1 heterocycles. The van der Waals surface area contributed by atoms with Crippen molar-refractivity contribution in [3.05, 3.63) is 88.1 Å². The Labute approximate surface area is 143 Å². The number of non-ortho nitro benzene ring substituents is 1. The Kier molecular flexibility index (Phi) is 5.72. The maximum Gasteiger partial charge on any atom is 0.269 e. The Morgan fingerprint density at radius 2 is 1.52 bits per heavy atom. The summed E-state index contributed by atoms with van der Waals surface area (Å²) < 4.78 is 0. The van der Waals surface area contributed by atoms with Crippen LogP contribution in [0.3, 0.4) is 0 Å². The van der Waals surface area contributed by atoms with Gasteiger partial charge in [0.15, 0.2) is 5.78 Å². The lowest BCUT2D eigenvalue weighted by atomic mass is 10.0. The van der Waals surface area contributed by atoms with Gasteiger partial charge in [-0.25, -0.2) is 4.98 Å². The molecule has 0 spiro atoms. The van der Waals surface area contributed by atoms with Crippen LogP contribution in [-0.2, 0) is 0 Å². The Bertz CT molecular complexity index is 850. The van der Waals surface area contributed by atoms with Gasteiger partial charge in [0, 0.05) is 29.5 Å². The number of anilines is 2. The first-order chi connectivity index (χ1) is 12.0. The SMILES string of the molecule is Nc1ccnc(N)n1.O=C(c1ccccc1)c1ccc([N+](=O)[O-])cc1. The second kappa shape index (κ2) is 8.16. The largest absolute Gasteiger partial charge is 0.384 e. The molecule has 0 aliphatic carbocycles. The molecule has 0 fully saturated rings. The highest BCUT2D eigenvalue weighted by atomic mass is 16.6. The molecule has 8 nitrogen and oxygen atoms in total. The average Bonchev–Trinajstić information content (AvgIpc) is 2.62.